The van der Waals surface area contributed by atoms with Crippen LogP contribution >= 0.6 is 0 Å². The van der Waals surface area contributed by atoms with Crippen LogP contribution in [0.15, 0.2) is 133 Å². The highest BCUT2D eigenvalue weighted by molar-refractivity contribution is 6.02. The minimum absolute atomic E-state index is 0.609. The van der Waals surface area contributed by atoms with Crippen molar-refractivity contribution in [2.24, 2.45) is 4.99 Å². The van der Waals surface area contributed by atoms with Crippen LogP contribution in [0.25, 0.3) is 10.9 Å². The average molecular weight is 464 g/mol. The lowest BCUT2D eigenvalue weighted by Crippen LogP contribution is -2.36. The van der Waals surface area contributed by atoms with Crippen molar-refractivity contribution in [2.45, 2.75) is 6.54 Å². The first-order chi connectivity index (χ1) is 17.2. The maximum Gasteiger partial charge on any atom is 0.182 e. The summed E-state index contributed by atoms with van der Waals surface area (Å²) in [6.45, 7) is 11.7. The Balaban J connectivity index is 0.00000141. The van der Waals surface area contributed by atoms with E-state index in [-0.39, 0.29) is 0 Å². The van der Waals surface area contributed by atoms with E-state index < -0.39 is 0 Å². The highest BCUT2D eigenvalue weighted by atomic mass is 16.5. The van der Waals surface area contributed by atoms with Gasteiger partial charge in [-0.25, -0.2) is 4.99 Å². The predicted molar refractivity (Wildman–Crippen MR) is 144 cm³/mol. The number of amidine groups is 1. The number of aliphatic imine (C=N–C) groups is 1. The molecule has 3 aromatic rings. The van der Waals surface area contributed by atoms with Crippen LogP contribution in [0.3, 0.4) is 0 Å². The lowest BCUT2D eigenvalue weighted by atomic mass is 10.1. The van der Waals surface area contributed by atoms with E-state index in [9.17, 15) is 0 Å². The Morgan fingerprint density at radius 1 is 1.00 bits per heavy atom. The molecule has 2 aliphatic heterocycles. The van der Waals surface area contributed by atoms with E-state index in [1.54, 1.807) is 13.3 Å². The van der Waals surface area contributed by atoms with E-state index in [4.69, 9.17) is 9.73 Å². The Kier molecular flexibility index (Phi) is 7.55. The molecular weight excluding hydrogens is 434 g/mol. The molecule has 0 saturated carbocycles. The van der Waals surface area contributed by atoms with Crippen molar-refractivity contribution in [1.82, 2.24) is 15.2 Å². The van der Waals surface area contributed by atoms with Crippen molar-refractivity contribution in [1.29, 1.82) is 0 Å². The van der Waals surface area contributed by atoms with E-state index in [1.807, 2.05) is 59.7 Å². The summed E-state index contributed by atoms with van der Waals surface area (Å²) in [7, 11) is 1.65. The molecule has 0 radical (unpaired) electrons. The van der Waals surface area contributed by atoms with Gasteiger partial charge in [0.25, 0.3) is 0 Å². The Morgan fingerprint density at radius 2 is 1.83 bits per heavy atom. The molecule has 2 N–H and O–H groups in total. The number of allylic oxidation sites excluding steroid dienone is 2. The highest BCUT2D eigenvalue weighted by Crippen LogP contribution is 2.30. The number of hydrogen-bond donors (Lipinski definition) is 2. The third-order valence-corrected chi connectivity index (χ3v) is 5.63. The van der Waals surface area contributed by atoms with Crippen LogP contribution < -0.4 is 10.6 Å². The molecule has 6 nitrogen and oxygen atoms in total. The summed E-state index contributed by atoms with van der Waals surface area (Å²) in [6, 6.07) is 20.4. The van der Waals surface area contributed by atoms with E-state index in [0.717, 1.165) is 40.2 Å². The fourth-order valence-corrected chi connectivity index (χ4v) is 3.93. The largest absolute Gasteiger partial charge is 0.493 e. The molecule has 0 bridgehead atoms. The molecule has 0 spiro atoms. The zero-order valence-corrected chi connectivity index (χ0v) is 19.9. The molecule has 2 aliphatic rings. The number of pyridine rings is 1. The van der Waals surface area contributed by atoms with Gasteiger partial charge in [0.05, 0.1) is 12.6 Å². The minimum atomic E-state index is 0.609. The summed E-state index contributed by atoms with van der Waals surface area (Å²) in [5.74, 6) is 2.15. The SMILES string of the molecule is C=C.C=C1C(CNCc2ccccc2)=C(Nc2ccc3ncccc3c2)N=C2C(OC)=CC=CN12. The monoisotopic (exact) mass is 463 g/mol. The zero-order valence-electron chi connectivity index (χ0n) is 19.9. The van der Waals surface area contributed by atoms with Gasteiger partial charge in [-0.3, -0.25) is 9.88 Å². The van der Waals surface area contributed by atoms with Crippen molar-refractivity contribution in [2.75, 3.05) is 19.0 Å². The number of nitrogens with one attached hydrogen (secondary N) is 2. The first-order valence-corrected chi connectivity index (χ1v) is 11.3. The van der Waals surface area contributed by atoms with Crippen LogP contribution in [0.1, 0.15) is 5.56 Å². The average Bonchev–Trinajstić information content (AvgIpc) is 2.92. The second kappa shape index (κ2) is 11.1. The number of rotatable bonds is 7. The molecule has 176 valence electrons. The molecule has 0 saturated heterocycles. The molecule has 0 aliphatic carbocycles. The third-order valence-electron chi connectivity index (χ3n) is 5.63. The first kappa shape index (κ1) is 23.7. The second-order valence-electron chi connectivity index (χ2n) is 7.78. The van der Waals surface area contributed by atoms with Crippen LogP contribution in [-0.4, -0.2) is 29.4 Å². The number of hydrogen-bond acceptors (Lipinski definition) is 6. The predicted octanol–water partition coefficient (Wildman–Crippen LogP) is 5.74. The second-order valence-corrected chi connectivity index (χ2v) is 7.78. The van der Waals surface area contributed by atoms with E-state index in [2.05, 4.69) is 59.6 Å². The van der Waals surface area contributed by atoms with Gasteiger partial charge in [-0.15, -0.1) is 13.2 Å². The smallest absolute Gasteiger partial charge is 0.182 e. The topological polar surface area (TPSA) is 61.8 Å². The lowest BCUT2D eigenvalue weighted by molar-refractivity contribution is 0.307. The molecule has 3 heterocycles. The van der Waals surface area contributed by atoms with Crippen LogP contribution in [0, 0.1) is 0 Å². The quantitative estimate of drug-likeness (QED) is 0.438. The Bertz CT molecular complexity index is 1340. The summed E-state index contributed by atoms with van der Waals surface area (Å²) in [6.07, 6.45) is 7.60. The molecule has 0 fully saturated rings. The molecule has 35 heavy (non-hydrogen) atoms. The molecule has 1 aromatic heterocycles. The van der Waals surface area contributed by atoms with E-state index in [0.29, 0.717) is 18.1 Å². The van der Waals surface area contributed by atoms with Gasteiger partial charge in [0, 0.05) is 47.8 Å². The summed E-state index contributed by atoms with van der Waals surface area (Å²) in [4.78, 5) is 11.3. The van der Waals surface area contributed by atoms with Gasteiger partial charge in [0.2, 0.25) is 0 Å². The van der Waals surface area contributed by atoms with Crippen molar-refractivity contribution in [3.05, 3.63) is 133 Å². The fourth-order valence-electron chi connectivity index (χ4n) is 3.93. The number of fused-ring (bicyclic) bond motifs is 2. The van der Waals surface area contributed by atoms with Crippen LogP contribution in [0.2, 0.25) is 0 Å². The van der Waals surface area contributed by atoms with Gasteiger partial charge in [-0.05, 0) is 42.0 Å². The van der Waals surface area contributed by atoms with Gasteiger partial charge in [0.1, 0.15) is 5.82 Å². The fraction of sp³-hybridized carbons (Fsp3) is 0.103. The number of benzene rings is 2. The maximum atomic E-state index is 5.56. The molecule has 5 rings (SSSR count). The Hall–Kier alpha value is -4.42. The van der Waals surface area contributed by atoms with Crippen LogP contribution in [0.4, 0.5) is 5.69 Å². The van der Waals surface area contributed by atoms with Gasteiger partial charge in [0.15, 0.2) is 11.6 Å². The van der Waals surface area contributed by atoms with Crippen molar-refractivity contribution in [3.63, 3.8) is 0 Å². The third kappa shape index (κ3) is 5.23. The van der Waals surface area contributed by atoms with Gasteiger partial charge in [-0.1, -0.05) is 43.0 Å². The molecular formula is C29H29N5O. The number of anilines is 1. The summed E-state index contributed by atoms with van der Waals surface area (Å²) in [5, 5.41) is 8.11. The van der Waals surface area contributed by atoms with Gasteiger partial charge < -0.3 is 15.4 Å². The first-order valence-electron chi connectivity index (χ1n) is 11.3. The van der Waals surface area contributed by atoms with Crippen molar-refractivity contribution >= 4 is 22.4 Å². The van der Waals surface area contributed by atoms with Crippen LogP contribution in [0.5, 0.6) is 0 Å². The normalized spacial score (nSPS) is 14.5. The summed E-state index contributed by atoms with van der Waals surface area (Å²) >= 11 is 0. The van der Waals surface area contributed by atoms with E-state index >= 15 is 0 Å². The number of nitrogens with zero attached hydrogens (tertiary/aromatic N) is 3. The number of aromatic nitrogens is 1. The number of ether oxygens (including phenoxy) is 1. The molecule has 2 aromatic carbocycles. The molecule has 0 unspecified atom stereocenters. The van der Waals surface area contributed by atoms with E-state index in [1.165, 1.54) is 5.56 Å². The molecule has 0 amide bonds. The minimum Gasteiger partial charge on any atom is -0.493 e. The molecule has 0 atom stereocenters. The summed E-state index contributed by atoms with van der Waals surface area (Å²) < 4.78 is 5.56. The van der Waals surface area contributed by atoms with Crippen LogP contribution in [-0.2, 0) is 11.3 Å². The Morgan fingerprint density at radius 3 is 2.63 bits per heavy atom. The molecule has 6 heteroatoms. The van der Waals surface area contributed by atoms with Crippen molar-refractivity contribution < 1.29 is 4.74 Å². The lowest BCUT2D eigenvalue weighted by Gasteiger charge is -2.33. The summed E-state index contributed by atoms with van der Waals surface area (Å²) in [5.41, 5.74) is 4.95. The standard InChI is InChI=1S/C27H25N5O.C2H4/c1-19-23(18-28-17-20-8-4-3-5-9-20)26(31-27-25(33-2)11-7-15-32(19)27)30-22-12-13-24-21(16-22)10-6-14-29-24;1-2/h3-16,28,30H,1,17-18H2,2H3;1-2H2. The maximum absolute atomic E-state index is 5.56. The van der Waals surface area contributed by atoms with Gasteiger partial charge >= 0.3 is 0 Å². The zero-order chi connectivity index (χ0) is 24.6. The highest BCUT2D eigenvalue weighted by Gasteiger charge is 2.28. The van der Waals surface area contributed by atoms with Crippen molar-refractivity contribution in [3.8, 4) is 0 Å². The van der Waals surface area contributed by atoms with Gasteiger partial charge in [-0.2, -0.15) is 0 Å². The number of methoxy groups -OCH3 is 1. The Labute approximate surface area is 206 Å².